The Bertz CT molecular complexity index is 876. The number of rotatable bonds is 5. The van der Waals surface area contributed by atoms with Gasteiger partial charge in [0.1, 0.15) is 5.75 Å². The Labute approximate surface area is 140 Å². The van der Waals surface area contributed by atoms with Crippen LogP contribution < -0.4 is 10.1 Å². The van der Waals surface area contributed by atoms with Crippen LogP contribution in [0, 0.1) is 0 Å². The van der Waals surface area contributed by atoms with Crippen LogP contribution in [0.5, 0.6) is 5.75 Å². The Kier molecular flexibility index (Phi) is 3.53. The maximum atomic E-state index is 12.9. The fourth-order valence-electron chi connectivity index (χ4n) is 3.26. The first-order valence-electron chi connectivity index (χ1n) is 8.34. The molecular formula is C20H20N2O2. The minimum absolute atomic E-state index is 0.0661. The molecule has 3 aromatic rings. The molecule has 1 aliphatic carbocycles. The number of anilines is 1. The molecule has 0 aliphatic heterocycles. The van der Waals surface area contributed by atoms with E-state index in [0.717, 1.165) is 40.7 Å². The summed E-state index contributed by atoms with van der Waals surface area (Å²) in [4.78, 5) is 16.2. The van der Waals surface area contributed by atoms with Crippen LogP contribution in [0.15, 0.2) is 54.7 Å². The lowest BCUT2D eigenvalue weighted by Gasteiger charge is -2.15. The molecule has 0 spiro atoms. The smallest absolute Gasteiger partial charge is 0.235 e. The predicted octanol–water partition coefficient (Wildman–Crippen LogP) is 4.24. The van der Waals surface area contributed by atoms with Gasteiger partial charge in [0.15, 0.2) is 0 Å². The zero-order valence-corrected chi connectivity index (χ0v) is 13.6. The summed E-state index contributed by atoms with van der Waals surface area (Å²) in [5.74, 6) is 0.879. The van der Waals surface area contributed by atoms with Crippen LogP contribution in [0.1, 0.15) is 25.3 Å². The number of hydrogen-bond acceptors (Lipinski definition) is 2. The van der Waals surface area contributed by atoms with Crippen LogP contribution in [0.25, 0.3) is 10.9 Å². The van der Waals surface area contributed by atoms with Gasteiger partial charge in [-0.25, -0.2) is 0 Å². The molecule has 0 unspecified atom stereocenters. The third kappa shape index (κ3) is 2.44. The number of hydrogen-bond donors (Lipinski definition) is 2. The molecule has 1 heterocycles. The summed E-state index contributed by atoms with van der Waals surface area (Å²) in [5, 5.41) is 4.19. The van der Waals surface area contributed by atoms with Gasteiger partial charge in [0.2, 0.25) is 5.91 Å². The fourth-order valence-corrected chi connectivity index (χ4v) is 3.26. The number of carbonyl (C=O) groups is 1. The molecule has 4 rings (SSSR count). The third-order valence-corrected chi connectivity index (χ3v) is 4.71. The molecule has 122 valence electrons. The second-order valence-electron chi connectivity index (χ2n) is 6.24. The summed E-state index contributed by atoms with van der Waals surface area (Å²) in [6.45, 7) is 2.59. The Balaban J connectivity index is 1.57. The van der Waals surface area contributed by atoms with E-state index >= 15 is 0 Å². The monoisotopic (exact) mass is 320 g/mol. The van der Waals surface area contributed by atoms with Gasteiger partial charge in [0.25, 0.3) is 0 Å². The lowest BCUT2D eigenvalue weighted by Crippen LogP contribution is -2.27. The van der Waals surface area contributed by atoms with Crippen molar-refractivity contribution in [3.05, 3.63) is 60.3 Å². The number of aromatic amines is 1. The first kappa shape index (κ1) is 14.8. The quantitative estimate of drug-likeness (QED) is 0.739. The van der Waals surface area contributed by atoms with E-state index in [4.69, 9.17) is 4.74 Å². The summed E-state index contributed by atoms with van der Waals surface area (Å²) in [7, 11) is 0. The summed E-state index contributed by atoms with van der Waals surface area (Å²) >= 11 is 0. The highest BCUT2D eigenvalue weighted by atomic mass is 16.5. The first-order chi connectivity index (χ1) is 11.7. The van der Waals surface area contributed by atoms with Crippen LogP contribution >= 0.6 is 0 Å². The van der Waals surface area contributed by atoms with Crippen LogP contribution in [-0.2, 0) is 10.2 Å². The largest absolute Gasteiger partial charge is 0.494 e. The van der Waals surface area contributed by atoms with Crippen molar-refractivity contribution in [2.75, 3.05) is 11.9 Å². The number of carbonyl (C=O) groups excluding carboxylic acids is 1. The van der Waals surface area contributed by atoms with E-state index in [1.807, 2.05) is 55.6 Å². The number of benzene rings is 2. The normalized spacial score (nSPS) is 15.2. The maximum absolute atomic E-state index is 12.9. The zero-order chi connectivity index (χ0) is 16.6. The second kappa shape index (κ2) is 5.71. The Morgan fingerprint density at radius 2 is 1.92 bits per heavy atom. The van der Waals surface area contributed by atoms with Crippen molar-refractivity contribution in [3.63, 3.8) is 0 Å². The Morgan fingerprint density at radius 1 is 1.17 bits per heavy atom. The molecule has 2 N–H and O–H groups in total. The van der Waals surface area contributed by atoms with Crippen LogP contribution in [0.3, 0.4) is 0 Å². The molecule has 4 heteroatoms. The van der Waals surface area contributed by atoms with Crippen LogP contribution in [0.4, 0.5) is 5.69 Å². The summed E-state index contributed by atoms with van der Waals surface area (Å²) in [6, 6.07) is 15.7. The minimum atomic E-state index is -0.405. The average molecular weight is 320 g/mol. The van der Waals surface area contributed by atoms with Gasteiger partial charge in [-0.1, -0.05) is 18.2 Å². The highest BCUT2D eigenvalue weighted by Crippen LogP contribution is 2.51. The molecule has 0 radical (unpaired) electrons. The van der Waals surface area contributed by atoms with E-state index in [0.29, 0.717) is 6.61 Å². The molecule has 0 atom stereocenters. The van der Waals surface area contributed by atoms with Crippen molar-refractivity contribution < 1.29 is 9.53 Å². The topological polar surface area (TPSA) is 54.1 Å². The van der Waals surface area contributed by atoms with Gasteiger partial charge in [-0.15, -0.1) is 0 Å². The Morgan fingerprint density at radius 3 is 2.62 bits per heavy atom. The van der Waals surface area contributed by atoms with E-state index in [-0.39, 0.29) is 5.91 Å². The SMILES string of the molecule is CCOc1ccc(NC(=O)C2(c3c[nH]c4ccccc34)CC2)cc1. The van der Waals surface area contributed by atoms with E-state index in [2.05, 4.69) is 16.4 Å². The Hall–Kier alpha value is -2.75. The summed E-state index contributed by atoms with van der Waals surface area (Å²) < 4.78 is 5.44. The fraction of sp³-hybridized carbons (Fsp3) is 0.250. The van der Waals surface area contributed by atoms with Crippen molar-refractivity contribution in [1.82, 2.24) is 4.98 Å². The lowest BCUT2D eigenvalue weighted by molar-refractivity contribution is -0.118. The van der Waals surface area contributed by atoms with Crippen molar-refractivity contribution in [2.24, 2.45) is 0 Å². The number of nitrogens with one attached hydrogen (secondary N) is 2. The maximum Gasteiger partial charge on any atom is 0.235 e. The average Bonchev–Trinajstić information content (AvgIpc) is 3.30. The first-order valence-corrected chi connectivity index (χ1v) is 8.34. The van der Waals surface area contributed by atoms with Gasteiger partial charge in [-0.3, -0.25) is 4.79 Å². The number of amides is 1. The number of H-pyrrole nitrogens is 1. The third-order valence-electron chi connectivity index (χ3n) is 4.71. The molecule has 24 heavy (non-hydrogen) atoms. The predicted molar refractivity (Wildman–Crippen MR) is 95.5 cm³/mol. The summed E-state index contributed by atoms with van der Waals surface area (Å²) in [5.41, 5.74) is 2.57. The number of fused-ring (bicyclic) bond motifs is 1. The van der Waals surface area contributed by atoms with Crippen molar-refractivity contribution in [3.8, 4) is 5.75 Å². The van der Waals surface area contributed by atoms with E-state index in [1.54, 1.807) is 0 Å². The van der Waals surface area contributed by atoms with Crippen LogP contribution in [-0.4, -0.2) is 17.5 Å². The van der Waals surface area contributed by atoms with Crippen molar-refractivity contribution in [1.29, 1.82) is 0 Å². The van der Waals surface area contributed by atoms with Gasteiger partial charge in [0, 0.05) is 22.8 Å². The van der Waals surface area contributed by atoms with E-state index in [9.17, 15) is 4.79 Å². The summed E-state index contributed by atoms with van der Waals surface area (Å²) in [6.07, 6.45) is 3.75. The molecular weight excluding hydrogens is 300 g/mol. The second-order valence-corrected chi connectivity index (χ2v) is 6.24. The van der Waals surface area contributed by atoms with Gasteiger partial charge >= 0.3 is 0 Å². The standard InChI is InChI=1S/C20H20N2O2/c1-2-24-15-9-7-14(8-10-15)22-19(23)20(11-12-20)17-13-21-18-6-4-3-5-16(17)18/h3-10,13,21H,2,11-12H2,1H3,(H,22,23). The van der Waals surface area contributed by atoms with E-state index < -0.39 is 5.41 Å². The van der Waals surface area contributed by atoms with Gasteiger partial charge < -0.3 is 15.0 Å². The van der Waals surface area contributed by atoms with E-state index in [1.165, 1.54) is 0 Å². The molecule has 1 amide bonds. The van der Waals surface area contributed by atoms with Crippen molar-refractivity contribution >= 4 is 22.5 Å². The van der Waals surface area contributed by atoms with Gasteiger partial charge in [-0.2, -0.15) is 0 Å². The molecule has 1 saturated carbocycles. The number of aromatic nitrogens is 1. The highest BCUT2D eigenvalue weighted by Gasteiger charge is 2.52. The molecule has 0 saturated heterocycles. The van der Waals surface area contributed by atoms with Crippen LogP contribution in [0.2, 0.25) is 0 Å². The zero-order valence-electron chi connectivity index (χ0n) is 13.6. The minimum Gasteiger partial charge on any atom is -0.494 e. The van der Waals surface area contributed by atoms with Crippen molar-refractivity contribution in [2.45, 2.75) is 25.2 Å². The lowest BCUT2D eigenvalue weighted by atomic mass is 9.94. The molecule has 1 fully saturated rings. The van der Waals surface area contributed by atoms with Gasteiger partial charge in [-0.05, 0) is 55.7 Å². The molecule has 4 nitrogen and oxygen atoms in total. The molecule has 2 aromatic carbocycles. The number of ether oxygens (including phenoxy) is 1. The molecule has 1 aliphatic rings. The number of para-hydroxylation sites is 1. The molecule has 0 bridgehead atoms. The highest BCUT2D eigenvalue weighted by molar-refractivity contribution is 6.04. The van der Waals surface area contributed by atoms with Gasteiger partial charge in [0.05, 0.1) is 12.0 Å². The molecule has 1 aromatic heterocycles.